The lowest BCUT2D eigenvalue weighted by molar-refractivity contribution is -0.132. The molecule has 0 atom stereocenters. The Kier molecular flexibility index (Phi) is 5.49. The molecule has 1 heterocycles. The Labute approximate surface area is 124 Å². The maximum absolute atomic E-state index is 12.2. The maximum Gasteiger partial charge on any atom is 0.227 e. The first-order chi connectivity index (χ1) is 9.19. The van der Waals surface area contributed by atoms with Crippen molar-refractivity contribution in [2.45, 2.75) is 6.42 Å². The Morgan fingerprint density at radius 3 is 2.58 bits per heavy atom. The average molecular weight is 301 g/mol. The molecular weight excluding hydrogens is 283 g/mol. The number of nitrogens with zero attached hydrogens (tertiary/aromatic N) is 2. The molecule has 0 saturated carbocycles. The number of halogens is 2. The summed E-state index contributed by atoms with van der Waals surface area (Å²) in [6.07, 6.45) is 0.427. The van der Waals surface area contributed by atoms with E-state index in [1.165, 1.54) is 0 Å². The summed E-state index contributed by atoms with van der Waals surface area (Å²) in [6, 6.07) is 7.49. The molecule has 1 fully saturated rings. The second kappa shape index (κ2) is 7.13. The van der Waals surface area contributed by atoms with Gasteiger partial charge < -0.3 is 4.90 Å². The molecule has 0 radical (unpaired) electrons. The van der Waals surface area contributed by atoms with E-state index in [1.807, 2.05) is 29.2 Å². The van der Waals surface area contributed by atoms with E-state index in [2.05, 4.69) is 4.90 Å². The van der Waals surface area contributed by atoms with Gasteiger partial charge in [-0.25, -0.2) is 0 Å². The third-order valence-electron chi connectivity index (χ3n) is 3.37. The molecule has 5 heteroatoms. The minimum Gasteiger partial charge on any atom is -0.340 e. The number of hydrogen-bond donors (Lipinski definition) is 0. The van der Waals surface area contributed by atoms with Gasteiger partial charge in [-0.15, -0.1) is 11.6 Å². The van der Waals surface area contributed by atoms with Crippen LogP contribution in [0.15, 0.2) is 24.3 Å². The summed E-state index contributed by atoms with van der Waals surface area (Å²) in [5.41, 5.74) is 0.973. The predicted octanol–water partition coefficient (Wildman–Crippen LogP) is 2.27. The van der Waals surface area contributed by atoms with Crippen LogP contribution in [0.5, 0.6) is 0 Å². The van der Waals surface area contributed by atoms with Gasteiger partial charge in [-0.05, 0) is 17.7 Å². The van der Waals surface area contributed by atoms with Crippen LogP contribution in [0, 0.1) is 0 Å². The molecule has 1 saturated heterocycles. The number of hydrogen-bond acceptors (Lipinski definition) is 2. The molecular formula is C14H18Cl2N2O. The molecule has 2 rings (SSSR count). The topological polar surface area (TPSA) is 23.6 Å². The Hall–Kier alpha value is -0.770. The third-order valence-corrected chi connectivity index (χ3v) is 3.77. The van der Waals surface area contributed by atoms with Crippen molar-refractivity contribution in [2.24, 2.45) is 0 Å². The van der Waals surface area contributed by atoms with Crippen LogP contribution in [-0.2, 0) is 11.2 Å². The molecule has 0 bridgehead atoms. The SMILES string of the molecule is O=C(Cc1cccc(Cl)c1)N1CCN(CCCl)CC1. The molecule has 1 amide bonds. The molecule has 0 aliphatic carbocycles. The monoisotopic (exact) mass is 300 g/mol. The van der Waals surface area contributed by atoms with Crippen LogP contribution in [0.2, 0.25) is 5.02 Å². The lowest BCUT2D eigenvalue weighted by Crippen LogP contribution is -2.49. The predicted molar refractivity (Wildman–Crippen MR) is 78.9 cm³/mol. The first kappa shape index (κ1) is 14.6. The number of alkyl halides is 1. The Morgan fingerprint density at radius 1 is 1.21 bits per heavy atom. The van der Waals surface area contributed by atoms with Crippen LogP contribution >= 0.6 is 23.2 Å². The number of piperazine rings is 1. The summed E-state index contributed by atoms with van der Waals surface area (Å²) in [6.45, 7) is 4.30. The normalized spacial score (nSPS) is 16.6. The van der Waals surface area contributed by atoms with Gasteiger partial charge in [0, 0.05) is 43.6 Å². The zero-order valence-electron chi connectivity index (χ0n) is 10.8. The summed E-state index contributed by atoms with van der Waals surface area (Å²) in [4.78, 5) is 16.4. The van der Waals surface area contributed by atoms with Crippen LogP contribution in [-0.4, -0.2) is 54.3 Å². The van der Waals surface area contributed by atoms with Gasteiger partial charge in [0.15, 0.2) is 0 Å². The van der Waals surface area contributed by atoms with E-state index >= 15 is 0 Å². The fourth-order valence-corrected chi connectivity index (χ4v) is 2.73. The Morgan fingerprint density at radius 2 is 1.95 bits per heavy atom. The van der Waals surface area contributed by atoms with Crippen molar-refractivity contribution in [3.05, 3.63) is 34.9 Å². The van der Waals surface area contributed by atoms with E-state index in [0.717, 1.165) is 38.3 Å². The van der Waals surface area contributed by atoms with E-state index < -0.39 is 0 Å². The van der Waals surface area contributed by atoms with Crippen LogP contribution in [0.25, 0.3) is 0 Å². The van der Waals surface area contributed by atoms with Crippen molar-refractivity contribution in [2.75, 3.05) is 38.6 Å². The molecule has 1 aromatic rings. The van der Waals surface area contributed by atoms with Crippen LogP contribution in [0.4, 0.5) is 0 Å². The number of carbonyl (C=O) groups excluding carboxylic acids is 1. The lowest BCUT2D eigenvalue weighted by Gasteiger charge is -2.34. The van der Waals surface area contributed by atoms with Crippen molar-refractivity contribution in [3.63, 3.8) is 0 Å². The molecule has 1 aliphatic heterocycles. The van der Waals surface area contributed by atoms with Gasteiger partial charge in [0.2, 0.25) is 5.91 Å². The highest BCUT2D eigenvalue weighted by molar-refractivity contribution is 6.30. The van der Waals surface area contributed by atoms with Gasteiger partial charge >= 0.3 is 0 Å². The van der Waals surface area contributed by atoms with Gasteiger partial charge in [0.05, 0.1) is 6.42 Å². The standard InChI is InChI=1S/C14H18Cl2N2O/c15-4-5-17-6-8-18(9-7-17)14(19)11-12-2-1-3-13(16)10-12/h1-3,10H,4-9,11H2. The molecule has 19 heavy (non-hydrogen) atoms. The Balaban J connectivity index is 1.84. The first-order valence-electron chi connectivity index (χ1n) is 6.49. The van der Waals surface area contributed by atoms with Crippen LogP contribution in [0.3, 0.4) is 0 Å². The van der Waals surface area contributed by atoms with Crippen molar-refractivity contribution in [3.8, 4) is 0 Å². The first-order valence-corrected chi connectivity index (χ1v) is 7.41. The highest BCUT2D eigenvalue weighted by Crippen LogP contribution is 2.12. The van der Waals surface area contributed by atoms with Gasteiger partial charge in [0.1, 0.15) is 0 Å². The van der Waals surface area contributed by atoms with Gasteiger partial charge in [-0.2, -0.15) is 0 Å². The number of rotatable bonds is 4. The summed E-state index contributed by atoms with van der Waals surface area (Å²) in [5, 5.41) is 0.678. The molecule has 0 aromatic heterocycles. The van der Waals surface area contributed by atoms with Gasteiger partial charge in [-0.3, -0.25) is 9.69 Å². The highest BCUT2D eigenvalue weighted by Gasteiger charge is 2.20. The highest BCUT2D eigenvalue weighted by atomic mass is 35.5. The molecule has 0 unspecified atom stereocenters. The average Bonchev–Trinajstić information content (AvgIpc) is 2.40. The largest absolute Gasteiger partial charge is 0.340 e. The number of carbonyl (C=O) groups is 1. The second-order valence-electron chi connectivity index (χ2n) is 4.72. The zero-order valence-corrected chi connectivity index (χ0v) is 12.3. The molecule has 0 N–H and O–H groups in total. The van der Waals surface area contributed by atoms with Crippen molar-refractivity contribution < 1.29 is 4.79 Å². The van der Waals surface area contributed by atoms with Crippen molar-refractivity contribution in [1.82, 2.24) is 9.80 Å². The summed E-state index contributed by atoms with van der Waals surface area (Å²) in [5.74, 6) is 0.823. The zero-order chi connectivity index (χ0) is 13.7. The molecule has 1 aliphatic rings. The van der Waals surface area contributed by atoms with Crippen LogP contribution in [0.1, 0.15) is 5.56 Å². The third kappa shape index (κ3) is 4.37. The van der Waals surface area contributed by atoms with Crippen LogP contribution < -0.4 is 0 Å². The molecule has 3 nitrogen and oxygen atoms in total. The molecule has 104 valence electrons. The van der Waals surface area contributed by atoms with Crippen molar-refractivity contribution >= 4 is 29.1 Å². The van der Waals surface area contributed by atoms with E-state index in [0.29, 0.717) is 17.3 Å². The van der Waals surface area contributed by atoms with E-state index in [4.69, 9.17) is 23.2 Å². The van der Waals surface area contributed by atoms with E-state index in [-0.39, 0.29) is 5.91 Å². The fraction of sp³-hybridized carbons (Fsp3) is 0.500. The summed E-state index contributed by atoms with van der Waals surface area (Å²) >= 11 is 11.6. The second-order valence-corrected chi connectivity index (χ2v) is 5.53. The van der Waals surface area contributed by atoms with E-state index in [9.17, 15) is 4.79 Å². The molecule has 1 aromatic carbocycles. The molecule has 0 spiro atoms. The number of benzene rings is 1. The lowest BCUT2D eigenvalue weighted by atomic mass is 10.1. The van der Waals surface area contributed by atoms with Crippen molar-refractivity contribution in [1.29, 1.82) is 0 Å². The maximum atomic E-state index is 12.2. The summed E-state index contributed by atoms with van der Waals surface area (Å²) < 4.78 is 0. The quantitative estimate of drug-likeness (QED) is 0.797. The van der Waals surface area contributed by atoms with Gasteiger partial charge in [-0.1, -0.05) is 23.7 Å². The smallest absolute Gasteiger partial charge is 0.227 e. The minimum atomic E-state index is 0.174. The van der Waals surface area contributed by atoms with E-state index in [1.54, 1.807) is 0 Å². The fourth-order valence-electron chi connectivity index (χ4n) is 2.27. The number of amides is 1. The minimum absolute atomic E-state index is 0.174. The Bertz CT molecular complexity index is 431. The summed E-state index contributed by atoms with van der Waals surface area (Å²) in [7, 11) is 0. The van der Waals surface area contributed by atoms with Gasteiger partial charge in [0.25, 0.3) is 0 Å².